The summed E-state index contributed by atoms with van der Waals surface area (Å²) >= 11 is 0. The number of hydrogen-bond acceptors (Lipinski definition) is 3. The van der Waals surface area contributed by atoms with Crippen molar-refractivity contribution in [2.45, 2.75) is 76.3 Å². The molecule has 2 N–H and O–H groups in total. The molecule has 0 amide bonds. The highest BCUT2D eigenvalue weighted by molar-refractivity contribution is 5.34. The number of aliphatic hydroxyl groups is 2. The third-order valence-corrected chi connectivity index (χ3v) is 5.76. The summed E-state index contributed by atoms with van der Waals surface area (Å²) in [5, 5.41) is 21.6. The molecule has 0 aromatic carbocycles. The van der Waals surface area contributed by atoms with E-state index in [9.17, 15) is 10.2 Å². The third-order valence-electron chi connectivity index (χ3n) is 5.76. The maximum Gasteiger partial charge on any atom is 0.108 e. The standard InChI is InChI=1S/C17H26O3/c1-11(2)15-13(18)10-12-14(20-15)6-9-16(3)7-4-5-8-17(12,16)19/h10,13-15,18-19H,1,4-9H2,2-3H3. The SMILES string of the molecule is C=C(C)C1OC2CCC3(C)CCCCC3(O)C2=CC1O. The van der Waals surface area contributed by atoms with Gasteiger partial charge in [-0.05, 0) is 49.8 Å². The molecule has 3 rings (SSSR count). The van der Waals surface area contributed by atoms with Crippen LogP contribution in [0.25, 0.3) is 0 Å². The summed E-state index contributed by atoms with van der Waals surface area (Å²) in [7, 11) is 0. The molecule has 5 unspecified atom stereocenters. The summed E-state index contributed by atoms with van der Waals surface area (Å²) in [5.41, 5.74) is 0.912. The summed E-state index contributed by atoms with van der Waals surface area (Å²) < 4.78 is 6.05. The molecule has 20 heavy (non-hydrogen) atoms. The predicted molar refractivity (Wildman–Crippen MR) is 78.3 cm³/mol. The molecule has 2 saturated carbocycles. The van der Waals surface area contributed by atoms with E-state index in [1.165, 1.54) is 6.42 Å². The molecule has 3 nitrogen and oxygen atoms in total. The van der Waals surface area contributed by atoms with Crippen molar-refractivity contribution < 1.29 is 14.9 Å². The first-order valence-corrected chi connectivity index (χ1v) is 7.81. The lowest BCUT2D eigenvalue weighted by molar-refractivity contribution is -0.146. The quantitative estimate of drug-likeness (QED) is 0.725. The minimum Gasteiger partial charge on any atom is -0.386 e. The molecule has 1 aliphatic heterocycles. The molecule has 2 fully saturated rings. The smallest absolute Gasteiger partial charge is 0.108 e. The van der Waals surface area contributed by atoms with Crippen molar-refractivity contribution in [3.05, 3.63) is 23.8 Å². The van der Waals surface area contributed by atoms with Gasteiger partial charge in [-0.1, -0.05) is 26.3 Å². The summed E-state index contributed by atoms with van der Waals surface area (Å²) in [6.07, 6.45) is 6.79. The van der Waals surface area contributed by atoms with Gasteiger partial charge in [-0.15, -0.1) is 0 Å². The van der Waals surface area contributed by atoms with Gasteiger partial charge in [-0.2, -0.15) is 0 Å². The molecule has 112 valence electrons. The van der Waals surface area contributed by atoms with E-state index in [4.69, 9.17) is 4.74 Å². The molecular formula is C17H26O3. The van der Waals surface area contributed by atoms with Gasteiger partial charge in [-0.25, -0.2) is 0 Å². The zero-order chi connectivity index (χ0) is 14.5. The normalized spacial score (nSPS) is 48.0. The van der Waals surface area contributed by atoms with Crippen LogP contribution in [-0.4, -0.2) is 34.1 Å². The average Bonchev–Trinajstić information content (AvgIpc) is 2.39. The first kappa shape index (κ1) is 14.3. The monoisotopic (exact) mass is 278 g/mol. The second-order valence-electron chi connectivity index (χ2n) is 7.17. The van der Waals surface area contributed by atoms with Gasteiger partial charge in [0.25, 0.3) is 0 Å². The van der Waals surface area contributed by atoms with Gasteiger partial charge in [0.1, 0.15) is 12.2 Å². The minimum atomic E-state index is -0.796. The molecule has 0 aromatic heterocycles. The van der Waals surface area contributed by atoms with Gasteiger partial charge in [0.2, 0.25) is 0 Å². The van der Waals surface area contributed by atoms with Gasteiger partial charge in [0, 0.05) is 5.41 Å². The van der Waals surface area contributed by atoms with E-state index in [1.54, 1.807) is 0 Å². The van der Waals surface area contributed by atoms with Crippen LogP contribution in [0.5, 0.6) is 0 Å². The number of rotatable bonds is 1. The van der Waals surface area contributed by atoms with Crippen molar-refractivity contribution in [3.8, 4) is 0 Å². The number of ether oxygens (including phenoxy) is 1. The van der Waals surface area contributed by atoms with Gasteiger partial charge < -0.3 is 14.9 Å². The minimum absolute atomic E-state index is 0.0590. The lowest BCUT2D eigenvalue weighted by Crippen LogP contribution is -2.59. The van der Waals surface area contributed by atoms with Gasteiger partial charge >= 0.3 is 0 Å². The molecule has 3 aliphatic rings. The highest BCUT2D eigenvalue weighted by atomic mass is 16.5. The molecule has 0 radical (unpaired) electrons. The molecule has 2 aliphatic carbocycles. The van der Waals surface area contributed by atoms with Crippen LogP contribution in [0.4, 0.5) is 0 Å². The molecule has 3 heteroatoms. The van der Waals surface area contributed by atoms with Crippen LogP contribution in [0.15, 0.2) is 23.8 Å². The molecule has 0 bridgehead atoms. The highest BCUT2D eigenvalue weighted by Crippen LogP contribution is 2.56. The predicted octanol–water partition coefficient (Wildman–Crippen LogP) is 2.72. The summed E-state index contributed by atoms with van der Waals surface area (Å²) in [6, 6.07) is 0. The Morgan fingerprint density at radius 3 is 2.75 bits per heavy atom. The van der Waals surface area contributed by atoms with Crippen molar-refractivity contribution in [1.29, 1.82) is 0 Å². The Balaban J connectivity index is 1.99. The topological polar surface area (TPSA) is 49.7 Å². The van der Waals surface area contributed by atoms with Crippen molar-refractivity contribution in [3.63, 3.8) is 0 Å². The van der Waals surface area contributed by atoms with Crippen molar-refractivity contribution >= 4 is 0 Å². The summed E-state index contributed by atoms with van der Waals surface area (Å²) in [6.45, 7) is 7.98. The van der Waals surface area contributed by atoms with Crippen LogP contribution < -0.4 is 0 Å². The maximum absolute atomic E-state index is 11.3. The van der Waals surface area contributed by atoms with Crippen molar-refractivity contribution in [1.82, 2.24) is 0 Å². The highest BCUT2D eigenvalue weighted by Gasteiger charge is 2.56. The van der Waals surface area contributed by atoms with Gasteiger partial charge in [0.05, 0.1) is 11.7 Å². The zero-order valence-electron chi connectivity index (χ0n) is 12.6. The Labute approximate surface area is 121 Å². The molecule has 0 saturated heterocycles. The van der Waals surface area contributed by atoms with Crippen LogP contribution in [0.2, 0.25) is 0 Å². The fraction of sp³-hybridized carbons (Fsp3) is 0.765. The van der Waals surface area contributed by atoms with E-state index in [-0.39, 0.29) is 17.6 Å². The number of hydrogen-bond donors (Lipinski definition) is 2. The Morgan fingerprint density at radius 2 is 2.05 bits per heavy atom. The van der Waals surface area contributed by atoms with E-state index in [1.807, 2.05) is 13.0 Å². The maximum atomic E-state index is 11.3. The van der Waals surface area contributed by atoms with Crippen LogP contribution in [-0.2, 0) is 4.74 Å². The van der Waals surface area contributed by atoms with E-state index in [0.29, 0.717) is 0 Å². The van der Waals surface area contributed by atoms with Gasteiger partial charge in [-0.3, -0.25) is 0 Å². The van der Waals surface area contributed by atoms with E-state index in [2.05, 4.69) is 13.5 Å². The first-order chi connectivity index (χ1) is 9.37. The van der Waals surface area contributed by atoms with Crippen LogP contribution >= 0.6 is 0 Å². The Bertz CT molecular complexity index is 455. The van der Waals surface area contributed by atoms with Crippen molar-refractivity contribution in [2.75, 3.05) is 0 Å². The Kier molecular flexibility index (Phi) is 3.35. The van der Waals surface area contributed by atoms with E-state index >= 15 is 0 Å². The van der Waals surface area contributed by atoms with Crippen LogP contribution in [0, 0.1) is 5.41 Å². The lowest BCUT2D eigenvalue weighted by atomic mass is 9.54. The number of aliphatic hydroxyl groups excluding tert-OH is 1. The van der Waals surface area contributed by atoms with E-state index in [0.717, 1.165) is 43.3 Å². The Morgan fingerprint density at radius 1 is 1.35 bits per heavy atom. The van der Waals surface area contributed by atoms with Crippen LogP contribution in [0.1, 0.15) is 52.4 Å². The summed E-state index contributed by atoms with van der Waals surface area (Å²) in [4.78, 5) is 0. The summed E-state index contributed by atoms with van der Waals surface area (Å²) in [5.74, 6) is 0. The molecule has 5 atom stereocenters. The second kappa shape index (κ2) is 4.69. The van der Waals surface area contributed by atoms with Crippen molar-refractivity contribution in [2.24, 2.45) is 5.41 Å². The molecule has 0 spiro atoms. The largest absolute Gasteiger partial charge is 0.386 e. The zero-order valence-corrected chi connectivity index (χ0v) is 12.6. The fourth-order valence-electron chi connectivity index (χ4n) is 4.42. The fourth-order valence-corrected chi connectivity index (χ4v) is 4.42. The number of fused-ring (bicyclic) bond motifs is 3. The Hall–Kier alpha value is -0.640. The van der Waals surface area contributed by atoms with E-state index < -0.39 is 11.7 Å². The first-order valence-electron chi connectivity index (χ1n) is 7.81. The molecule has 0 aromatic rings. The van der Waals surface area contributed by atoms with Crippen LogP contribution in [0.3, 0.4) is 0 Å². The lowest BCUT2D eigenvalue weighted by Gasteiger charge is -2.56. The molecular weight excluding hydrogens is 252 g/mol. The second-order valence-corrected chi connectivity index (χ2v) is 7.17. The molecule has 1 heterocycles. The van der Waals surface area contributed by atoms with Gasteiger partial charge in [0.15, 0.2) is 0 Å². The average molecular weight is 278 g/mol. The third kappa shape index (κ3) is 1.91.